The maximum atomic E-state index is 13.8. The highest BCUT2D eigenvalue weighted by molar-refractivity contribution is 5.88. The number of amides is 1. The maximum absolute atomic E-state index is 13.8. The zero-order valence-electron chi connectivity index (χ0n) is 27.6. The number of aryl methyl sites for hydroxylation is 2. The van der Waals surface area contributed by atoms with Crippen molar-refractivity contribution in [1.82, 2.24) is 19.8 Å². The van der Waals surface area contributed by atoms with Crippen LogP contribution in [-0.4, -0.2) is 79.3 Å². The lowest BCUT2D eigenvalue weighted by molar-refractivity contribution is 0.106. The Morgan fingerprint density at radius 2 is 1.76 bits per heavy atom. The third-order valence-corrected chi connectivity index (χ3v) is 8.52. The second-order valence-electron chi connectivity index (χ2n) is 11.8. The van der Waals surface area contributed by atoms with Crippen molar-refractivity contribution in [2.45, 2.75) is 39.8 Å². The number of nitrogens with zero attached hydrogens (tertiary/aromatic N) is 5. The Labute approximate surface area is 271 Å². The minimum absolute atomic E-state index is 0.126. The van der Waals surface area contributed by atoms with Gasteiger partial charge < -0.3 is 29.3 Å². The summed E-state index contributed by atoms with van der Waals surface area (Å²) in [7, 11) is 5.39. The average molecular weight is 625 g/mol. The van der Waals surface area contributed by atoms with Gasteiger partial charge in [0.2, 0.25) is 5.95 Å². The summed E-state index contributed by atoms with van der Waals surface area (Å²) in [5, 5.41) is 3.29. The first-order valence-electron chi connectivity index (χ1n) is 15.6. The van der Waals surface area contributed by atoms with Crippen LogP contribution in [0.2, 0.25) is 0 Å². The fraction of sp³-hybridized carbons (Fsp3) is 0.361. The Bertz CT molecular complexity index is 1610. The van der Waals surface area contributed by atoms with Gasteiger partial charge in [-0.1, -0.05) is 30.3 Å². The number of hydrogen-bond donors (Lipinski definition) is 1. The van der Waals surface area contributed by atoms with Crippen LogP contribution in [0.15, 0.2) is 72.9 Å². The van der Waals surface area contributed by atoms with E-state index in [1.807, 2.05) is 62.4 Å². The molecule has 2 heterocycles. The van der Waals surface area contributed by atoms with Crippen LogP contribution >= 0.6 is 0 Å². The van der Waals surface area contributed by atoms with Crippen molar-refractivity contribution in [3.63, 3.8) is 0 Å². The van der Waals surface area contributed by atoms with Crippen molar-refractivity contribution >= 4 is 23.5 Å². The van der Waals surface area contributed by atoms with Crippen LogP contribution < -0.4 is 24.4 Å². The predicted molar refractivity (Wildman–Crippen MR) is 182 cm³/mol. The van der Waals surface area contributed by atoms with Crippen molar-refractivity contribution in [2.24, 2.45) is 0 Å². The minimum Gasteiger partial charge on any atom is -0.497 e. The molecule has 0 saturated carbocycles. The van der Waals surface area contributed by atoms with Crippen LogP contribution in [0.1, 0.15) is 29.2 Å². The molecule has 242 valence electrons. The van der Waals surface area contributed by atoms with Gasteiger partial charge in [0.25, 0.3) is 0 Å². The number of carbonyl (C=O) groups is 1. The summed E-state index contributed by atoms with van der Waals surface area (Å²) in [5.41, 5.74) is 4.58. The molecule has 4 aromatic rings. The highest BCUT2D eigenvalue weighted by Gasteiger charge is 2.24. The molecular weight excluding hydrogens is 580 g/mol. The van der Waals surface area contributed by atoms with E-state index in [0.717, 1.165) is 55.0 Å². The van der Waals surface area contributed by atoms with Gasteiger partial charge in [-0.15, -0.1) is 0 Å². The number of methoxy groups -OCH3 is 2. The summed E-state index contributed by atoms with van der Waals surface area (Å²) in [6.07, 6.45) is 2.04. The quantitative estimate of drug-likeness (QED) is 0.208. The number of anilines is 3. The molecule has 1 fully saturated rings. The number of carbonyl (C=O) groups excluding carboxylic acids is 1. The Kier molecular flexibility index (Phi) is 10.7. The number of nitrogens with one attached hydrogen (secondary N) is 1. The van der Waals surface area contributed by atoms with Gasteiger partial charge in [0, 0.05) is 49.7 Å². The molecule has 1 amide bonds. The van der Waals surface area contributed by atoms with Crippen LogP contribution in [0.25, 0.3) is 0 Å². The number of benzene rings is 3. The summed E-state index contributed by atoms with van der Waals surface area (Å²) in [5.74, 6) is 2.51. The van der Waals surface area contributed by atoms with E-state index in [-0.39, 0.29) is 6.54 Å². The molecular formula is C36H44N6O4. The molecule has 1 atom stereocenters. The molecule has 1 aromatic heterocycles. The highest BCUT2D eigenvalue weighted by atomic mass is 16.6. The average Bonchev–Trinajstić information content (AvgIpc) is 3.06. The molecule has 1 saturated heterocycles. The largest absolute Gasteiger partial charge is 0.497 e. The fourth-order valence-corrected chi connectivity index (χ4v) is 5.58. The second kappa shape index (κ2) is 15.1. The Hall–Kier alpha value is -4.67. The first-order chi connectivity index (χ1) is 22.2. The van der Waals surface area contributed by atoms with Gasteiger partial charge >= 0.3 is 6.09 Å². The van der Waals surface area contributed by atoms with E-state index in [2.05, 4.69) is 46.2 Å². The minimum atomic E-state index is -0.578. The van der Waals surface area contributed by atoms with Gasteiger partial charge in [-0.3, -0.25) is 4.90 Å². The van der Waals surface area contributed by atoms with E-state index in [9.17, 15) is 4.79 Å². The third kappa shape index (κ3) is 8.13. The number of para-hydroxylation sites is 1. The Morgan fingerprint density at radius 3 is 2.46 bits per heavy atom. The molecule has 1 aliphatic heterocycles. The molecule has 0 bridgehead atoms. The summed E-state index contributed by atoms with van der Waals surface area (Å²) in [6.45, 7) is 10.6. The number of ether oxygens (including phenoxy) is 3. The number of likely N-dealkylation sites (N-methyl/N-ethyl adjacent to an activating group) is 1. The van der Waals surface area contributed by atoms with Gasteiger partial charge in [0.1, 0.15) is 23.1 Å². The predicted octanol–water partition coefficient (Wildman–Crippen LogP) is 6.24. The fourth-order valence-electron chi connectivity index (χ4n) is 5.58. The molecule has 5 rings (SSSR count). The first kappa shape index (κ1) is 32.7. The topological polar surface area (TPSA) is 92.3 Å². The summed E-state index contributed by atoms with van der Waals surface area (Å²) in [6, 6.07) is 21.8. The lowest BCUT2D eigenvalue weighted by Gasteiger charge is -2.37. The molecule has 46 heavy (non-hydrogen) atoms. The van der Waals surface area contributed by atoms with Crippen LogP contribution in [-0.2, 0) is 13.0 Å². The molecule has 3 aromatic carbocycles. The van der Waals surface area contributed by atoms with Crippen molar-refractivity contribution in [3.8, 4) is 17.2 Å². The van der Waals surface area contributed by atoms with Gasteiger partial charge in [-0.2, -0.15) is 4.98 Å². The van der Waals surface area contributed by atoms with Crippen LogP contribution in [0.5, 0.6) is 17.2 Å². The standard InChI is InChI=1S/C36H44N6O4/c1-25-8-7-9-26(2)34(25)46-36(43)42(24-29-22-31(44-5)14-15-32(29)45-6)33-16-18-37-35(39-33)38-30-12-10-28(11-13-30)17-19-41-21-20-40(4)27(3)23-41/h7-16,18,22,27H,17,19-21,23-24H2,1-6H3,(H,37,38,39). The monoisotopic (exact) mass is 624 g/mol. The van der Waals surface area contributed by atoms with Crippen molar-refractivity contribution in [3.05, 3.63) is 95.2 Å². The molecule has 1 aliphatic rings. The van der Waals surface area contributed by atoms with Crippen LogP contribution in [0, 0.1) is 13.8 Å². The van der Waals surface area contributed by atoms with Gasteiger partial charge in [0.15, 0.2) is 0 Å². The normalized spacial score (nSPS) is 15.3. The Balaban J connectivity index is 1.34. The molecule has 10 heteroatoms. The van der Waals surface area contributed by atoms with Crippen molar-refractivity contribution < 1.29 is 19.0 Å². The van der Waals surface area contributed by atoms with Crippen molar-refractivity contribution in [2.75, 3.05) is 57.7 Å². The van der Waals surface area contributed by atoms with Crippen LogP contribution in [0.4, 0.5) is 22.2 Å². The maximum Gasteiger partial charge on any atom is 0.421 e. The lowest BCUT2D eigenvalue weighted by Crippen LogP contribution is -2.50. The van der Waals surface area contributed by atoms with Gasteiger partial charge in [-0.05, 0) is 87.3 Å². The number of piperazine rings is 1. The van der Waals surface area contributed by atoms with E-state index in [1.54, 1.807) is 26.5 Å². The molecule has 0 spiro atoms. The third-order valence-electron chi connectivity index (χ3n) is 8.52. The zero-order valence-corrected chi connectivity index (χ0v) is 27.6. The molecule has 1 unspecified atom stereocenters. The number of aromatic nitrogens is 2. The SMILES string of the molecule is COc1ccc(OC)c(CN(C(=O)Oc2c(C)cccc2C)c2ccnc(Nc3ccc(CCN4CCN(C)C(C)C4)cc3)n2)c1. The van der Waals surface area contributed by atoms with E-state index in [0.29, 0.717) is 35.1 Å². The lowest BCUT2D eigenvalue weighted by atomic mass is 10.1. The number of rotatable bonds is 11. The Morgan fingerprint density at radius 1 is 1.00 bits per heavy atom. The van der Waals surface area contributed by atoms with Gasteiger partial charge in [-0.25, -0.2) is 9.78 Å². The molecule has 10 nitrogen and oxygen atoms in total. The smallest absolute Gasteiger partial charge is 0.421 e. The van der Waals surface area contributed by atoms with E-state index in [1.165, 1.54) is 10.5 Å². The highest BCUT2D eigenvalue weighted by Crippen LogP contribution is 2.29. The van der Waals surface area contributed by atoms with E-state index in [4.69, 9.17) is 19.2 Å². The summed E-state index contributed by atoms with van der Waals surface area (Å²) in [4.78, 5) is 29.4. The summed E-state index contributed by atoms with van der Waals surface area (Å²) < 4.78 is 17.0. The van der Waals surface area contributed by atoms with E-state index < -0.39 is 6.09 Å². The molecule has 0 aliphatic carbocycles. The van der Waals surface area contributed by atoms with E-state index >= 15 is 0 Å². The number of hydrogen-bond acceptors (Lipinski definition) is 9. The van der Waals surface area contributed by atoms with Crippen molar-refractivity contribution in [1.29, 1.82) is 0 Å². The van der Waals surface area contributed by atoms with Gasteiger partial charge in [0.05, 0.1) is 20.8 Å². The zero-order chi connectivity index (χ0) is 32.6. The van der Waals surface area contributed by atoms with Crippen LogP contribution in [0.3, 0.4) is 0 Å². The molecule has 1 N–H and O–H groups in total. The first-order valence-corrected chi connectivity index (χ1v) is 15.6. The molecule has 0 radical (unpaired) electrons. The second-order valence-corrected chi connectivity index (χ2v) is 11.8. The summed E-state index contributed by atoms with van der Waals surface area (Å²) >= 11 is 0.